The van der Waals surface area contributed by atoms with Crippen molar-refractivity contribution in [2.45, 2.75) is 12.0 Å². The van der Waals surface area contributed by atoms with Crippen LogP contribution in [-0.2, 0) is 4.79 Å². The molecule has 1 amide bonds. The minimum Gasteiger partial charge on any atom is -0.479 e. The van der Waals surface area contributed by atoms with Gasteiger partial charge in [-0.3, -0.25) is 4.79 Å². The number of carboxylic acids is 1. The highest BCUT2D eigenvalue weighted by Crippen LogP contribution is 2.29. The zero-order chi connectivity index (χ0) is 14.0. The van der Waals surface area contributed by atoms with Crippen LogP contribution >= 0.6 is 27.7 Å². The molecule has 1 fully saturated rings. The van der Waals surface area contributed by atoms with Gasteiger partial charge in [0.15, 0.2) is 0 Å². The lowest BCUT2D eigenvalue weighted by Gasteiger charge is -2.24. The van der Waals surface area contributed by atoms with Gasteiger partial charge in [0.1, 0.15) is 11.4 Å². The van der Waals surface area contributed by atoms with Gasteiger partial charge in [-0.1, -0.05) is 0 Å². The molecule has 1 atom stereocenters. The van der Waals surface area contributed by atoms with Gasteiger partial charge in [0.25, 0.3) is 5.91 Å². The molecule has 1 unspecified atom stereocenters. The molecule has 0 bridgehead atoms. The summed E-state index contributed by atoms with van der Waals surface area (Å²) in [6.07, 6.45) is 0.367. The normalized spacial score (nSPS) is 22.2. The summed E-state index contributed by atoms with van der Waals surface area (Å²) in [7, 11) is 0. The van der Waals surface area contributed by atoms with Crippen molar-refractivity contribution < 1.29 is 19.1 Å². The highest BCUT2D eigenvalue weighted by atomic mass is 79.9. The second kappa shape index (κ2) is 5.50. The van der Waals surface area contributed by atoms with Gasteiger partial charge in [-0.15, -0.1) is 0 Å². The molecule has 1 aliphatic rings. The van der Waals surface area contributed by atoms with Crippen LogP contribution in [0, 0.1) is 5.82 Å². The summed E-state index contributed by atoms with van der Waals surface area (Å²) in [4.78, 5) is 23.4. The number of hydrogen-bond acceptors (Lipinski definition) is 3. The Kier molecular flexibility index (Phi) is 4.15. The van der Waals surface area contributed by atoms with E-state index in [0.29, 0.717) is 22.4 Å². The van der Waals surface area contributed by atoms with E-state index in [0.717, 1.165) is 6.07 Å². The van der Waals surface area contributed by atoms with Crippen LogP contribution in [-0.4, -0.2) is 34.0 Å². The van der Waals surface area contributed by atoms with Crippen molar-refractivity contribution >= 4 is 39.6 Å². The van der Waals surface area contributed by atoms with Crippen LogP contribution in [0.5, 0.6) is 0 Å². The molecular formula is C12H11BrFNO3S. The summed E-state index contributed by atoms with van der Waals surface area (Å²) in [6, 6.07) is 3.72. The molecule has 0 saturated carbocycles. The van der Waals surface area contributed by atoms with Crippen LogP contribution in [0.3, 0.4) is 0 Å². The molecule has 2 rings (SSSR count). The molecular weight excluding hydrogens is 337 g/mol. The smallest absolute Gasteiger partial charge is 0.330 e. The van der Waals surface area contributed by atoms with Crippen LogP contribution in [0.4, 0.5) is 4.39 Å². The number of thioether (sulfide) groups is 1. The molecule has 2 N–H and O–H groups in total. The molecule has 102 valence electrons. The van der Waals surface area contributed by atoms with Crippen LogP contribution < -0.4 is 5.32 Å². The number of carbonyl (C=O) groups excluding carboxylic acids is 1. The summed E-state index contributed by atoms with van der Waals surface area (Å²) in [5.74, 6) is -1.19. The monoisotopic (exact) mass is 347 g/mol. The number of nitrogens with one attached hydrogen (secondary N) is 1. The Bertz CT molecular complexity index is 532. The van der Waals surface area contributed by atoms with Crippen LogP contribution in [0.1, 0.15) is 16.8 Å². The largest absolute Gasteiger partial charge is 0.479 e. The van der Waals surface area contributed by atoms with Gasteiger partial charge in [0.2, 0.25) is 0 Å². The number of hydrogen-bond donors (Lipinski definition) is 2. The van der Waals surface area contributed by atoms with E-state index >= 15 is 0 Å². The van der Waals surface area contributed by atoms with E-state index in [2.05, 4.69) is 21.2 Å². The van der Waals surface area contributed by atoms with E-state index < -0.39 is 23.2 Å². The lowest BCUT2D eigenvalue weighted by atomic mass is 9.98. The van der Waals surface area contributed by atoms with Gasteiger partial charge in [0, 0.05) is 10.2 Å². The van der Waals surface area contributed by atoms with E-state index in [1.165, 1.54) is 23.9 Å². The molecule has 1 saturated heterocycles. The number of benzene rings is 1. The van der Waals surface area contributed by atoms with Crippen molar-refractivity contribution in [2.24, 2.45) is 0 Å². The average Bonchev–Trinajstić information content (AvgIpc) is 2.82. The molecule has 1 aliphatic heterocycles. The van der Waals surface area contributed by atoms with Gasteiger partial charge in [-0.2, -0.15) is 11.8 Å². The first kappa shape index (κ1) is 14.3. The summed E-state index contributed by atoms with van der Waals surface area (Å²) >= 11 is 4.63. The molecule has 4 nitrogen and oxygen atoms in total. The molecule has 0 radical (unpaired) electrons. The zero-order valence-corrected chi connectivity index (χ0v) is 12.2. The van der Waals surface area contributed by atoms with Crippen LogP contribution in [0.15, 0.2) is 22.7 Å². The molecule has 1 heterocycles. The zero-order valence-electron chi connectivity index (χ0n) is 9.78. The minimum atomic E-state index is -1.26. The molecule has 0 aliphatic carbocycles. The van der Waals surface area contributed by atoms with Gasteiger partial charge in [0.05, 0.1) is 5.56 Å². The Morgan fingerprint density at radius 2 is 2.21 bits per heavy atom. The van der Waals surface area contributed by atoms with Gasteiger partial charge >= 0.3 is 5.97 Å². The fraction of sp³-hybridized carbons (Fsp3) is 0.333. The molecule has 1 aromatic carbocycles. The van der Waals surface area contributed by atoms with Crippen LogP contribution in [0.2, 0.25) is 0 Å². The lowest BCUT2D eigenvalue weighted by molar-refractivity contribution is -0.143. The maximum Gasteiger partial charge on any atom is 0.330 e. The molecule has 7 heteroatoms. The van der Waals surface area contributed by atoms with Crippen molar-refractivity contribution in [3.63, 3.8) is 0 Å². The third-order valence-corrected chi connectivity index (χ3v) is 4.84. The SMILES string of the molecule is O=C(NC1(C(=O)O)CCSC1)c1cc(F)ccc1Br. The molecule has 1 aromatic rings. The van der Waals surface area contributed by atoms with E-state index in [-0.39, 0.29) is 5.56 Å². The quantitative estimate of drug-likeness (QED) is 0.880. The van der Waals surface area contributed by atoms with Crippen molar-refractivity contribution in [3.05, 3.63) is 34.1 Å². The topological polar surface area (TPSA) is 66.4 Å². The highest BCUT2D eigenvalue weighted by molar-refractivity contribution is 9.10. The fourth-order valence-corrected chi connectivity index (χ4v) is 3.59. The summed E-state index contributed by atoms with van der Waals surface area (Å²) in [6.45, 7) is 0. The number of aliphatic carboxylic acids is 1. The molecule has 0 aromatic heterocycles. The van der Waals surface area contributed by atoms with Crippen molar-refractivity contribution in [2.75, 3.05) is 11.5 Å². The van der Waals surface area contributed by atoms with Crippen molar-refractivity contribution in [3.8, 4) is 0 Å². The summed E-state index contributed by atoms with van der Waals surface area (Å²) in [5, 5.41) is 11.8. The van der Waals surface area contributed by atoms with Crippen molar-refractivity contribution in [1.29, 1.82) is 0 Å². The van der Waals surface area contributed by atoms with E-state index in [9.17, 15) is 19.1 Å². The fourth-order valence-electron chi connectivity index (χ4n) is 1.84. The average molecular weight is 348 g/mol. The van der Waals surface area contributed by atoms with E-state index in [1.807, 2.05) is 0 Å². The number of carboxylic acid groups (broad SMARTS) is 1. The maximum absolute atomic E-state index is 13.2. The standard InChI is InChI=1S/C12H11BrFNO3S/c13-9-2-1-7(14)5-8(9)10(16)15-12(11(17)18)3-4-19-6-12/h1-2,5H,3-4,6H2,(H,15,16)(H,17,18). The first-order chi connectivity index (χ1) is 8.94. The predicted molar refractivity (Wildman–Crippen MR) is 73.9 cm³/mol. The number of amides is 1. The highest BCUT2D eigenvalue weighted by Gasteiger charge is 2.43. The Hall–Kier alpha value is -1.08. The minimum absolute atomic E-state index is 0.0949. The summed E-state index contributed by atoms with van der Waals surface area (Å²) in [5.41, 5.74) is -1.16. The predicted octanol–water partition coefficient (Wildman–Crippen LogP) is 2.28. The second-order valence-corrected chi connectivity index (χ2v) is 6.23. The first-order valence-electron chi connectivity index (χ1n) is 5.53. The third kappa shape index (κ3) is 2.92. The summed E-state index contributed by atoms with van der Waals surface area (Å²) < 4.78 is 13.6. The Morgan fingerprint density at radius 1 is 1.47 bits per heavy atom. The van der Waals surface area contributed by atoms with Crippen molar-refractivity contribution in [1.82, 2.24) is 5.32 Å². The van der Waals surface area contributed by atoms with E-state index in [1.54, 1.807) is 0 Å². The maximum atomic E-state index is 13.2. The first-order valence-corrected chi connectivity index (χ1v) is 7.48. The Morgan fingerprint density at radius 3 is 2.79 bits per heavy atom. The van der Waals surface area contributed by atoms with E-state index in [4.69, 9.17) is 0 Å². The number of halogens is 2. The van der Waals surface area contributed by atoms with Gasteiger partial charge < -0.3 is 10.4 Å². The molecule has 19 heavy (non-hydrogen) atoms. The van der Waals surface area contributed by atoms with Gasteiger partial charge in [-0.05, 0) is 46.3 Å². The number of rotatable bonds is 3. The Labute approximate surface area is 121 Å². The van der Waals surface area contributed by atoms with Crippen LogP contribution in [0.25, 0.3) is 0 Å². The molecule has 0 spiro atoms. The van der Waals surface area contributed by atoms with Gasteiger partial charge in [-0.25, -0.2) is 9.18 Å². The Balaban J connectivity index is 2.25. The number of carbonyl (C=O) groups is 2. The lowest BCUT2D eigenvalue weighted by Crippen LogP contribution is -2.54. The third-order valence-electron chi connectivity index (χ3n) is 2.96. The second-order valence-electron chi connectivity index (χ2n) is 4.27.